The molecule has 114 valence electrons. The first-order chi connectivity index (χ1) is 10.7. The van der Waals surface area contributed by atoms with E-state index in [4.69, 9.17) is 4.74 Å². The van der Waals surface area contributed by atoms with E-state index in [1.807, 2.05) is 11.0 Å². The molecule has 1 atom stereocenters. The number of hydrogen-bond acceptors (Lipinski definition) is 4. The molecule has 1 aliphatic carbocycles. The van der Waals surface area contributed by atoms with Gasteiger partial charge in [-0.2, -0.15) is 0 Å². The third-order valence-corrected chi connectivity index (χ3v) is 4.71. The molecule has 6 nitrogen and oxygen atoms in total. The number of hydrogen-bond donors (Lipinski definition) is 0. The predicted molar refractivity (Wildman–Crippen MR) is 79.3 cm³/mol. The van der Waals surface area contributed by atoms with Crippen LogP contribution in [0.3, 0.4) is 0 Å². The molecular formula is C16H18N4O2. The maximum Gasteiger partial charge on any atom is 0.273 e. The van der Waals surface area contributed by atoms with Gasteiger partial charge in [0.1, 0.15) is 11.3 Å². The summed E-state index contributed by atoms with van der Waals surface area (Å²) in [6, 6.07) is 8.38. The standard InChI is InChI=1S/C16H18N4O2/c1-19-14(10-17-18-19)15(21)20-8-9-22-16(11-20)7-6-12-4-2-3-5-13(12)16/h2-5,10H,6-9,11H2,1H3. The quantitative estimate of drug-likeness (QED) is 0.792. The lowest BCUT2D eigenvalue weighted by molar-refractivity contribution is -0.104. The van der Waals surface area contributed by atoms with Crippen LogP contribution in [-0.4, -0.2) is 45.5 Å². The van der Waals surface area contributed by atoms with Crippen molar-refractivity contribution in [2.75, 3.05) is 19.7 Å². The lowest BCUT2D eigenvalue weighted by atomic mass is 9.93. The molecule has 4 rings (SSSR count). The number of fused-ring (bicyclic) bond motifs is 2. The van der Waals surface area contributed by atoms with Gasteiger partial charge in [-0.05, 0) is 24.0 Å². The van der Waals surface area contributed by atoms with Crippen molar-refractivity contribution in [2.24, 2.45) is 7.05 Å². The molecule has 1 unspecified atom stereocenters. The molecule has 0 radical (unpaired) electrons. The molecule has 2 aliphatic rings. The summed E-state index contributed by atoms with van der Waals surface area (Å²) in [5, 5.41) is 7.64. The number of rotatable bonds is 1. The van der Waals surface area contributed by atoms with E-state index in [9.17, 15) is 4.79 Å². The Balaban J connectivity index is 1.64. The van der Waals surface area contributed by atoms with Gasteiger partial charge in [0.2, 0.25) is 0 Å². The van der Waals surface area contributed by atoms with Gasteiger partial charge in [0.15, 0.2) is 0 Å². The van der Waals surface area contributed by atoms with Gasteiger partial charge in [-0.25, -0.2) is 4.68 Å². The fourth-order valence-electron chi connectivity index (χ4n) is 3.57. The van der Waals surface area contributed by atoms with Crippen LogP contribution < -0.4 is 0 Å². The fourth-order valence-corrected chi connectivity index (χ4v) is 3.57. The number of benzene rings is 1. The first-order valence-corrected chi connectivity index (χ1v) is 7.56. The predicted octanol–water partition coefficient (Wildman–Crippen LogP) is 1.13. The number of ether oxygens (including phenoxy) is 1. The zero-order chi connectivity index (χ0) is 15.2. The van der Waals surface area contributed by atoms with Crippen LogP contribution in [0.5, 0.6) is 0 Å². The van der Waals surface area contributed by atoms with E-state index in [-0.39, 0.29) is 11.5 Å². The lowest BCUT2D eigenvalue weighted by Crippen LogP contribution is -2.51. The second-order valence-electron chi connectivity index (χ2n) is 5.97. The van der Waals surface area contributed by atoms with Crippen LogP contribution in [0, 0.1) is 0 Å². The van der Waals surface area contributed by atoms with Crippen molar-refractivity contribution in [3.63, 3.8) is 0 Å². The smallest absolute Gasteiger partial charge is 0.273 e. The number of aryl methyl sites for hydroxylation is 2. The summed E-state index contributed by atoms with van der Waals surface area (Å²) in [4.78, 5) is 14.6. The normalized spacial score (nSPS) is 23.8. The number of nitrogens with zero attached hydrogens (tertiary/aromatic N) is 4. The summed E-state index contributed by atoms with van der Waals surface area (Å²) < 4.78 is 7.67. The van der Waals surface area contributed by atoms with Gasteiger partial charge in [0.05, 0.1) is 19.3 Å². The van der Waals surface area contributed by atoms with Crippen molar-refractivity contribution in [1.29, 1.82) is 0 Å². The number of amides is 1. The minimum absolute atomic E-state index is 0.0282. The maximum atomic E-state index is 12.7. The summed E-state index contributed by atoms with van der Waals surface area (Å²) in [7, 11) is 1.74. The number of carbonyl (C=O) groups excluding carboxylic acids is 1. The molecule has 22 heavy (non-hydrogen) atoms. The largest absolute Gasteiger partial charge is 0.367 e. The monoisotopic (exact) mass is 298 g/mol. The van der Waals surface area contributed by atoms with Gasteiger partial charge < -0.3 is 9.64 Å². The average Bonchev–Trinajstić information content (AvgIpc) is 3.12. The molecule has 1 aliphatic heterocycles. The van der Waals surface area contributed by atoms with Crippen LogP contribution in [0.2, 0.25) is 0 Å². The molecule has 1 spiro atoms. The fraction of sp³-hybridized carbons (Fsp3) is 0.438. The first kappa shape index (κ1) is 13.5. The van der Waals surface area contributed by atoms with Crippen molar-refractivity contribution in [1.82, 2.24) is 19.9 Å². The Bertz CT molecular complexity index is 722. The van der Waals surface area contributed by atoms with E-state index < -0.39 is 0 Å². The molecule has 0 saturated carbocycles. The Morgan fingerprint density at radius 1 is 1.36 bits per heavy atom. The van der Waals surface area contributed by atoms with Crippen LogP contribution in [0.15, 0.2) is 30.5 Å². The number of aromatic nitrogens is 3. The summed E-state index contributed by atoms with van der Waals surface area (Å²) in [6.07, 6.45) is 3.46. The highest BCUT2D eigenvalue weighted by Gasteiger charge is 2.44. The molecule has 1 aromatic carbocycles. The minimum atomic E-state index is -0.351. The van der Waals surface area contributed by atoms with Gasteiger partial charge in [0.25, 0.3) is 5.91 Å². The van der Waals surface area contributed by atoms with Gasteiger partial charge >= 0.3 is 0 Å². The highest BCUT2D eigenvalue weighted by molar-refractivity contribution is 5.92. The topological polar surface area (TPSA) is 60.2 Å². The van der Waals surface area contributed by atoms with Crippen LogP contribution in [0.4, 0.5) is 0 Å². The van der Waals surface area contributed by atoms with Gasteiger partial charge in [-0.3, -0.25) is 4.79 Å². The third-order valence-electron chi connectivity index (χ3n) is 4.71. The van der Waals surface area contributed by atoms with E-state index >= 15 is 0 Å². The molecule has 1 aromatic heterocycles. The Hall–Kier alpha value is -2.21. The van der Waals surface area contributed by atoms with Crippen molar-refractivity contribution >= 4 is 5.91 Å². The minimum Gasteiger partial charge on any atom is -0.367 e. The van der Waals surface area contributed by atoms with Crippen LogP contribution in [0.1, 0.15) is 28.0 Å². The van der Waals surface area contributed by atoms with Crippen LogP contribution >= 0.6 is 0 Å². The van der Waals surface area contributed by atoms with E-state index in [2.05, 4.69) is 28.5 Å². The van der Waals surface area contributed by atoms with Gasteiger partial charge in [0, 0.05) is 13.6 Å². The summed E-state index contributed by atoms with van der Waals surface area (Å²) in [6.45, 7) is 1.76. The van der Waals surface area contributed by atoms with Gasteiger partial charge in [-0.1, -0.05) is 29.5 Å². The van der Waals surface area contributed by atoms with Crippen LogP contribution in [0.25, 0.3) is 0 Å². The Labute approximate surface area is 128 Å². The van der Waals surface area contributed by atoms with E-state index in [1.54, 1.807) is 7.05 Å². The molecule has 0 bridgehead atoms. The summed E-state index contributed by atoms with van der Waals surface area (Å²) in [5.74, 6) is -0.0282. The Kier molecular flexibility index (Phi) is 3.00. The first-order valence-electron chi connectivity index (χ1n) is 7.56. The second kappa shape index (κ2) is 4.91. The van der Waals surface area contributed by atoms with Gasteiger partial charge in [-0.15, -0.1) is 5.10 Å². The highest BCUT2D eigenvalue weighted by atomic mass is 16.5. The van der Waals surface area contributed by atoms with Crippen molar-refractivity contribution in [2.45, 2.75) is 18.4 Å². The highest BCUT2D eigenvalue weighted by Crippen LogP contribution is 2.42. The summed E-state index contributed by atoms with van der Waals surface area (Å²) in [5.41, 5.74) is 2.73. The van der Waals surface area contributed by atoms with Crippen molar-refractivity contribution in [3.8, 4) is 0 Å². The molecule has 1 amide bonds. The zero-order valence-corrected chi connectivity index (χ0v) is 12.5. The molecule has 2 aromatic rings. The molecule has 6 heteroatoms. The Morgan fingerprint density at radius 2 is 2.23 bits per heavy atom. The zero-order valence-electron chi connectivity index (χ0n) is 12.5. The second-order valence-corrected chi connectivity index (χ2v) is 5.97. The van der Waals surface area contributed by atoms with E-state index in [0.29, 0.717) is 25.4 Å². The number of morpholine rings is 1. The number of carbonyl (C=O) groups is 1. The van der Waals surface area contributed by atoms with Crippen molar-refractivity contribution < 1.29 is 9.53 Å². The molecule has 1 fully saturated rings. The summed E-state index contributed by atoms with van der Waals surface area (Å²) >= 11 is 0. The maximum absolute atomic E-state index is 12.7. The molecular weight excluding hydrogens is 280 g/mol. The van der Waals surface area contributed by atoms with E-state index in [1.165, 1.54) is 22.0 Å². The molecule has 1 saturated heterocycles. The van der Waals surface area contributed by atoms with Crippen molar-refractivity contribution in [3.05, 3.63) is 47.3 Å². The average molecular weight is 298 g/mol. The molecule has 0 N–H and O–H groups in total. The molecule has 2 heterocycles. The lowest BCUT2D eigenvalue weighted by Gasteiger charge is -2.41. The van der Waals surface area contributed by atoms with Crippen LogP contribution in [-0.2, 0) is 23.8 Å². The van der Waals surface area contributed by atoms with E-state index in [0.717, 1.165) is 12.8 Å². The third kappa shape index (κ3) is 1.94. The Morgan fingerprint density at radius 3 is 3.05 bits per heavy atom. The SMILES string of the molecule is Cn1nncc1C(=O)N1CCOC2(CCc3ccccc32)C1.